The summed E-state index contributed by atoms with van der Waals surface area (Å²) in [7, 11) is 0. The van der Waals surface area contributed by atoms with Crippen LogP contribution in [0.2, 0.25) is 0 Å². The molecule has 17 heavy (non-hydrogen) atoms. The number of aliphatic hydroxyl groups excluding tert-OH is 1. The first kappa shape index (κ1) is 11.9. The van der Waals surface area contributed by atoms with E-state index in [1.165, 1.54) is 0 Å². The molecule has 1 N–H and O–H groups in total. The van der Waals surface area contributed by atoms with Crippen molar-refractivity contribution in [2.45, 2.75) is 69.0 Å². The van der Waals surface area contributed by atoms with Crippen molar-refractivity contribution in [1.29, 1.82) is 0 Å². The Balaban J connectivity index is 1.54. The van der Waals surface area contributed by atoms with Crippen LogP contribution >= 0.6 is 0 Å². The Morgan fingerprint density at radius 2 is 1.88 bits per heavy atom. The molecule has 4 nitrogen and oxygen atoms in total. The second-order valence-electron chi connectivity index (χ2n) is 5.45. The Morgan fingerprint density at radius 1 is 1.00 bits per heavy atom. The van der Waals surface area contributed by atoms with Gasteiger partial charge in [0, 0.05) is 6.61 Å². The van der Waals surface area contributed by atoms with E-state index in [0.717, 1.165) is 51.7 Å². The predicted octanol–water partition coefficient (Wildman–Crippen LogP) is 1.25. The van der Waals surface area contributed by atoms with Gasteiger partial charge in [0.2, 0.25) is 0 Å². The summed E-state index contributed by atoms with van der Waals surface area (Å²) in [4.78, 5) is 0. The molecule has 98 valence electrons. The molecule has 0 aromatic rings. The summed E-state index contributed by atoms with van der Waals surface area (Å²) in [6.07, 6.45) is 6.39. The maximum Gasteiger partial charge on any atom is 0.0842 e. The van der Waals surface area contributed by atoms with Crippen molar-refractivity contribution in [3.63, 3.8) is 0 Å². The van der Waals surface area contributed by atoms with Gasteiger partial charge in [0.05, 0.1) is 37.1 Å². The Hall–Kier alpha value is -0.160. The summed E-state index contributed by atoms with van der Waals surface area (Å²) in [5.41, 5.74) is 0. The number of hydrogen-bond acceptors (Lipinski definition) is 4. The molecule has 2 bridgehead atoms. The Labute approximate surface area is 102 Å². The quantitative estimate of drug-likeness (QED) is 0.792. The average Bonchev–Trinajstić information content (AvgIpc) is 2.38. The van der Waals surface area contributed by atoms with Gasteiger partial charge >= 0.3 is 0 Å². The third-order valence-corrected chi connectivity index (χ3v) is 4.16. The van der Waals surface area contributed by atoms with E-state index in [1.807, 2.05) is 0 Å². The standard InChI is InChI=1S/C13H22O4/c14-10-3-4-13-12(6-5-11(10)17-13)16-9-2-1-7-15-8-9/h9-14H,1-8H2. The molecule has 0 saturated carbocycles. The summed E-state index contributed by atoms with van der Waals surface area (Å²) in [6.45, 7) is 1.61. The summed E-state index contributed by atoms with van der Waals surface area (Å²) < 4.78 is 17.4. The lowest BCUT2D eigenvalue weighted by atomic mass is 9.88. The summed E-state index contributed by atoms with van der Waals surface area (Å²) in [5, 5.41) is 9.74. The van der Waals surface area contributed by atoms with Crippen molar-refractivity contribution < 1.29 is 19.3 Å². The minimum atomic E-state index is -0.259. The topological polar surface area (TPSA) is 47.9 Å². The SMILES string of the molecule is OC1CCC2OC1CCC2OC1CCCOC1. The normalized spacial score (nSPS) is 46.8. The van der Waals surface area contributed by atoms with Crippen molar-refractivity contribution in [1.82, 2.24) is 0 Å². The number of ether oxygens (including phenoxy) is 3. The van der Waals surface area contributed by atoms with Crippen molar-refractivity contribution >= 4 is 0 Å². The first-order valence-electron chi connectivity index (χ1n) is 6.89. The van der Waals surface area contributed by atoms with Crippen molar-refractivity contribution in [2.24, 2.45) is 0 Å². The Kier molecular flexibility index (Phi) is 3.66. The fourth-order valence-corrected chi connectivity index (χ4v) is 3.17. The van der Waals surface area contributed by atoms with E-state index in [9.17, 15) is 5.11 Å². The fourth-order valence-electron chi connectivity index (χ4n) is 3.17. The van der Waals surface area contributed by atoms with Crippen molar-refractivity contribution in [3.8, 4) is 0 Å². The second kappa shape index (κ2) is 5.22. The smallest absolute Gasteiger partial charge is 0.0842 e. The lowest BCUT2D eigenvalue weighted by Crippen LogP contribution is -2.50. The molecule has 3 aliphatic heterocycles. The summed E-state index contributed by atoms with van der Waals surface area (Å²) >= 11 is 0. The van der Waals surface area contributed by atoms with Crippen LogP contribution in [0.3, 0.4) is 0 Å². The number of rotatable bonds is 2. The molecule has 0 aromatic carbocycles. The minimum absolute atomic E-state index is 0.0520. The maximum absolute atomic E-state index is 9.74. The minimum Gasteiger partial charge on any atom is -0.390 e. The molecule has 0 radical (unpaired) electrons. The molecule has 4 heteroatoms. The van der Waals surface area contributed by atoms with Crippen LogP contribution in [0.25, 0.3) is 0 Å². The van der Waals surface area contributed by atoms with E-state index in [1.54, 1.807) is 0 Å². The monoisotopic (exact) mass is 242 g/mol. The van der Waals surface area contributed by atoms with Gasteiger partial charge in [-0.1, -0.05) is 0 Å². The lowest BCUT2D eigenvalue weighted by molar-refractivity contribution is -0.213. The maximum atomic E-state index is 9.74. The van der Waals surface area contributed by atoms with Crippen molar-refractivity contribution in [3.05, 3.63) is 0 Å². The molecular formula is C13H22O4. The average molecular weight is 242 g/mol. The summed E-state index contributed by atoms with van der Waals surface area (Å²) in [6, 6.07) is 0. The largest absolute Gasteiger partial charge is 0.390 e. The van der Waals surface area contributed by atoms with Gasteiger partial charge in [0.1, 0.15) is 0 Å². The molecular weight excluding hydrogens is 220 g/mol. The van der Waals surface area contributed by atoms with Crippen LogP contribution in [0.5, 0.6) is 0 Å². The van der Waals surface area contributed by atoms with Crippen molar-refractivity contribution in [2.75, 3.05) is 13.2 Å². The Bertz CT molecular complexity index is 252. The van der Waals surface area contributed by atoms with E-state index in [2.05, 4.69) is 0 Å². The van der Waals surface area contributed by atoms with E-state index in [0.29, 0.717) is 0 Å². The van der Waals surface area contributed by atoms with E-state index < -0.39 is 0 Å². The van der Waals surface area contributed by atoms with Gasteiger partial charge in [0.15, 0.2) is 0 Å². The van der Waals surface area contributed by atoms with Crippen LogP contribution in [0.1, 0.15) is 38.5 Å². The van der Waals surface area contributed by atoms with Gasteiger partial charge in [-0.25, -0.2) is 0 Å². The van der Waals surface area contributed by atoms with E-state index in [4.69, 9.17) is 14.2 Å². The first-order valence-corrected chi connectivity index (χ1v) is 6.89. The molecule has 3 fully saturated rings. The van der Waals surface area contributed by atoms with E-state index in [-0.39, 0.29) is 30.5 Å². The summed E-state index contributed by atoms with van der Waals surface area (Å²) in [5.74, 6) is 0. The van der Waals surface area contributed by atoms with Crippen LogP contribution in [0, 0.1) is 0 Å². The lowest BCUT2D eigenvalue weighted by Gasteiger charge is -2.43. The molecule has 5 unspecified atom stereocenters. The molecule has 5 atom stereocenters. The van der Waals surface area contributed by atoms with Gasteiger partial charge in [-0.05, 0) is 38.5 Å². The zero-order valence-electron chi connectivity index (χ0n) is 10.2. The van der Waals surface area contributed by atoms with Crippen LogP contribution in [0.4, 0.5) is 0 Å². The van der Waals surface area contributed by atoms with Crippen LogP contribution in [-0.2, 0) is 14.2 Å². The van der Waals surface area contributed by atoms with Crippen LogP contribution in [0.15, 0.2) is 0 Å². The van der Waals surface area contributed by atoms with Gasteiger partial charge in [-0.15, -0.1) is 0 Å². The van der Waals surface area contributed by atoms with Crippen LogP contribution in [-0.4, -0.2) is 48.8 Å². The third-order valence-electron chi connectivity index (χ3n) is 4.16. The highest BCUT2D eigenvalue weighted by Gasteiger charge is 2.40. The van der Waals surface area contributed by atoms with Crippen LogP contribution < -0.4 is 0 Å². The fraction of sp³-hybridized carbons (Fsp3) is 1.00. The third kappa shape index (κ3) is 2.65. The van der Waals surface area contributed by atoms with Gasteiger partial charge in [-0.2, -0.15) is 0 Å². The molecule has 3 saturated heterocycles. The van der Waals surface area contributed by atoms with Gasteiger partial charge in [0.25, 0.3) is 0 Å². The number of aliphatic hydroxyl groups is 1. The molecule has 0 aliphatic carbocycles. The van der Waals surface area contributed by atoms with E-state index >= 15 is 0 Å². The van der Waals surface area contributed by atoms with Gasteiger partial charge < -0.3 is 19.3 Å². The zero-order chi connectivity index (χ0) is 11.7. The molecule has 3 aliphatic rings. The molecule has 0 amide bonds. The first-order chi connectivity index (χ1) is 8.33. The molecule has 0 aromatic heterocycles. The number of hydrogen-bond donors (Lipinski definition) is 1. The highest BCUT2D eigenvalue weighted by atomic mass is 16.6. The number of fused-ring (bicyclic) bond motifs is 2. The molecule has 0 spiro atoms. The second-order valence-corrected chi connectivity index (χ2v) is 5.45. The predicted molar refractivity (Wildman–Crippen MR) is 61.8 cm³/mol. The Morgan fingerprint density at radius 3 is 2.71 bits per heavy atom. The molecule has 3 rings (SSSR count). The molecule has 3 heterocycles. The van der Waals surface area contributed by atoms with Gasteiger partial charge in [-0.3, -0.25) is 0 Å². The highest BCUT2D eigenvalue weighted by molar-refractivity contribution is 4.89. The zero-order valence-corrected chi connectivity index (χ0v) is 10.2. The highest BCUT2D eigenvalue weighted by Crippen LogP contribution is 2.33.